The van der Waals surface area contributed by atoms with Gasteiger partial charge in [-0.05, 0) is 30.7 Å². The number of esters is 1. The number of rotatable bonds is 4. The lowest BCUT2D eigenvalue weighted by Crippen LogP contribution is -2.05. The van der Waals surface area contributed by atoms with Crippen LogP contribution in [0.5, 0.6) is 5.75 Å². The standard InChI is InChI=1S/C13H13NO3/c1-10(13(15)17-8-7-14)9-11-3-5-12(16-2)6-4-11/h3-6,9H,8H2,1-2H3. The summed E-state index contributed by atoms with van der Waals surface area (Å²) in [5.41, 5.74) is 1.32. The van der Waals surface area contributed by atoms with Crippen molar-refractivity contribution in [2.24, 2.45) is 0 Å². The van der Waals surface area contributed by atoms with E-state index in [9.17, 15) is 4.79 Å². The van der Waals surface area contributed by atoms with Crippen molar-refractivity contribution >= 4 is 12.0 Å². The number of carbonyl (C=O) groups is 1. The Hall–Kier alpha value is -2.28. The fourth-order valence-electron chi connectivity index (χ4n) is 1.22. The van der Waals surface area contributed by atoms with Crippen LogP contribution in [0, 0.1) is 11.3 Å². The summed E-state index contributed by atoms with van der Waals surface area (Å²) >= 11 is 0. The smallest absolute Gasteiger partial charge is 0.334 e. The molecule has 0 unspecified atom stereocenters. The predicted molar refractivity (Wildman–Crippen MR) is 63.2 cm³/mol. The van der Waals surface area contributed by atoms with E-state index in [2.05, 4.69) is 4.74 Å². The van der Waals surface area contributed by atoms with Gasteiger partial charge in [-0.2, -0.15) is 5.26 Å². The Morgan fingerprint density at radius 2 is 2.06 bits per heavy atom. The Kier molecular flexibility index (Phi) is 4.77. The van der Waals surface area contributed by atoms with E-state index in [1.165, 1.54) is 0 Å². The van der Waals surface area contributed by atoms with Crippen molar-refractivity contribution in [3.05, 3.63) is 35.4 Å². The highest BCUT2D eigenvalue weighted by Crippen LogP contribution is 2.14. The molecule has 0 saturated carbocycles. The number of nitrogens with zero attached hydrogens (tertiary/aromatic N) is 1. The van der Waals surface area contributed by atoms with E-state index >= 15 is 0 Å². The number of methoxy groups -OCH3 is 1. The average Bonchev–Trinajstić information content (AvgIpc) is 2.36. The number of ether oxygens (including phenoxy) is 2. The molecule has 0 aliphatic carbocycles. The topological polar surface area (TPSA) is 59.3 Å². The summed E-state index contributed by atoms with van der Waals surface area (Å²) in [4.78, 5) is 11.4. The van der Waals surface area contributed by atoms with E-state index in [0.717, 1.165) is 11.3 Å². The Morgan fingerprint density at radius 3 is 2.59 bits per heavy atom. The van der Waals surface area contributed by atoms with Crippen LogP contribution >= 0.6 is 0 Å². The van der Waals surface area contributed by atoms with Gasteiger partial charge >= 0.3 is 5.97 Å². The highest BCUT2D eigenvalue weighted by atomic mass is 16.5. The van der Waals surface area contributed by atoms with Gasteiger partial charge in [-0.15, -0.1) is 0 Å². The quantitative estimate of drug-likeness (QED) is 0.588. The average molecular weight is 231 g/mol. The van der Waals surface area contributed by atoms with Crippen LogP contribution in [-0.2, 0) is 9.53 Å². The predicted octanol–water partition coefficient (Wildman–Crippen LogP) is 2.17. The molecule has 0 aliphatic heterocycles. The highest BCUT2D eigenvalue weighted by Gasteiger charge is 2.04. The molecule has 1 aromatic rings. The van der Waals surface area contributed by atoms with Crippen molar-refractivity contribution in [2.75, 3.05) is 13.7 Å². The maximum absolute atomic E-state index is 11.4. The van der Waals surface area contributed by atoms with Gasteiger partial charge in [0, 0.05) is 5.57 Å². The van der Waals surface area contributed by atoms with Crippen LogP contribution in [0.3, 0.4) is 0 Å². The number of nitriles is 1. The lowest BCUT2D eigenvalue weighted by Gasteiger charge is -2.02. The number of benzene rings is 1. The van der Waals surface area contributed by atoms with Crippen molar-refractivity contribution in [3.63, 3.8) is 0 Å². The first kappa shape index (κ1) is 12.8. The Balaban J connectivity index is 2.73. The molecule has 0 saturated heterocycles. The van der Waals surface area contributed by atoms with E-state index in [0.29, 0.717) is 5.57 Å². The number of hydrogen-bond acceptors (Lipinski definition) is 4. The van der Waals surface area contributed by atoms with Gasteiger partial charge in [-0.3, -0.25) is 0 Å². The molecule has 1 rings (SSSR count). The van der Waals surface area contributed by atoms with Crippen LogP contribution in [0.15, 0.2) is 29.8 Å². The molecule has 1 aromatic carbocycles. The molecule has 0 heterocycles. The minimum absolute atomic E-state index is 0.230. The zero-order valence-corrected chi connectivity index (χ0v) is 9.77. The van der Waals surface area contributed by atoms with Crippen LogP contribution in [0.2, 0.25) is 0 Å². The van der Waals surface area contributed by atoms with Crippen molar-refractivity contribution in [3.8, 4) is 11.8 Å². The van der Waals surface area contributed by atoms with Gasteiger partial charge in [0.25, 0.3) is 0 Å². The molecule has 0 amide bonds. The van der Waals surface area contributed by atoms with E-state index < -0.39 is 5.97 Å². The summed E-state index contributed by atoms with van der Waals surface area (Å²) in [5.74, 6) is 0.272. The van der Waals surface area contributed by atoms with Crippen molar-refractivity contribution in [1.82, 2.24) is 0 Å². The molecule has 0 bridgehead atoms. The zero-order valence-electron chi connectivity index (χ0n) is 9.77. The summed E-state index contributed by atoms with van der Waals surface area (Å²) in [7, 11) is 1.59. The molecule has 0 aliphatic rings. The Morgan fingerprint density at radius 1 is 1.41 bits per heavy atom. The minimum Gasteiger partial charge on any atom is -0.497 e. The normalized spacial score (nSPS) is 10.5. The monoisotopic (exact) mass is 231 g/mol. The van der Waals surface area contributed by atoms with Crippen LogP contribution in [-0.4, -0.2) is 19.7 Å². The molecule has 0 aromatic heterocycles. The summed E-state index contributed by atoms with van der Waals surface area (Å²) in [5, 5.41) is 8.28. The second-order valence-electron chi connectivity index (χ2n) is 3.33. The molecule has 4 nitrogen and oxygen atoms in total. The molecule has 0 fully saturated rings. The second-order valence-corrected chi connectivity index (χ2v) is 3.33. The Labute approximate surface area is 100 Å². The lowest BCUT2D eigenvalue weighted by molar-refractivity contribution is -0.137. The third-order valence-corrected chi connectivity index (χ3v) is 2.09. The van der Waals surface area contributed by atoms with Gasteiger partial charge in [-0.1, -0.05) is 12.1 Å². The maximum Gasteiger partial charge on any atom is 0.334 e. The van der Waals surface area contributed by atoms with Crippen LogP contribution in [0.1, 0.15) is 12.5 Å². The molecule has 17 heavy (non-hydrogen) atoms. The minimum atomic E-state index is -0.484. The van der Waals surface area contributed by atoms with E-state index in [-0.39, 0.29) is 6.61 Å². The number of hydrogen-bond donors (Lipinski definition) is 0. The molecule has 0 spiro atoms. The molecule has 0 radical (unpaired) electrons. The van der Waals surface area contributed by atoms with Crippen molar-refractivity contribution in [1.29, 1.82) is 5.26 Å². The first-order valence-electron chi connectivity index (χ1n) is 5.04. The maximum atomic E-state index is 11.4. The van der Waals surface area contributed by atoms with E-state index in [4.69, 9.17) is 10.00 Å². The number of carbonyl (C=O) groups excluding carboxylic acids is 1. The van der Waals surface area contributed by atoms with Crippen molar-refractivity contribution in [2.45, 2.75) is 6.92 Å². The molecule has 88 valence electrons. The van der Waals surface area contributed by atoms with E-state index in [1.54, 1.807) is 38.3 Å². The van der Waals surface area contributed by atoms with Crippen LogP contribution in [0.25, 0.3) is 6.08 Å². The molecule has 0 N–H and O–H groups in total. The third kappa shape index (κ3) is 3.99. The highest BCUT2D eigenvalue weighted by molar-refractivity contribution is 5.93. The molecule has 0 atom stereocenters. The fraction of sp³-hybridized carbons (Fsp3) is 0.231. The van der Waals surface area contributed by atoms with Gasteiger partial charge in [0.15, 0.2) is 6.61 Å². The zero-order chi connectivity index (χ0) is 12.7. The summed E-state index contributed by atoms with van der Waals surface area (Å²) < 4.78 is 9.70. The van der Waals surface area contributed by atoms with Gasteiger partial charge in [0.1, 0.15) is 11.8 Å². The van der Waals surface area contributed by atoms with Crippen molar-refractivity contribution < 1.29 is 14.3 Å². The largest absolute Gasteiger partial charge is 0.497 e. The van der Waals surface area contributed by atoms with E-state index in [1.807, 2.05) is 12.1 Å². The second kappa shape index (κ2) is 6.33. The first-order valence-corrected chi connectivity index (χ1v) is 5.04. The summed E-state index contributed by atoms with van der Waals surface area (Å²) in [6.45, 7) is 1.41. The van der Waals surface area contributed by atoms with Gasteiger partial charge in [0.05, 0.1) is 7.11 Å². The molecular weight excluding hydrogens is 218 g/mol. The summed E-state index contributed by atoms with van der Waals surface area (Å²) in [6, 6.07) is 9.02. The molecule has 4 heteroatoms. The van der Waals surface area contributed by atoms with Gasteiger partial charge in [0.2, 0.25) is 0 Å². The lowest BCUT2D eigenvalue weighted by atomic mass is 10.1. The SMILES string of the molecule is COc1ccc(C=C(C)C(=O)OCC#N)cc1. The van der Waals surface area contributed by atoms with Crippen LogP contribution in [0.4, 0.5) is 0 Å². The first-order chi connectivity index (χ1) is 8.17. The summed E-state index contributed by atoms with van der Waals surface area (Å²) in [6.07, 6.45) is 1.69. The Bertz CT molecular complexity index is 455. The van der Waals surface area contributed by atoms with Gasteiger partial charge < -0.3 is 9.47 Å². The van der Waals surface area contributed by atoms with Crippen LogP contribution < -0.4 is 4.74 Å². The third-order valence-electron chi connectivity index (χ3n) is 2.09. The fourth-order valence-corrected chi connectivity index (χ4v) is 1.22. The molecular formula is C13H13NO3. The van der Waals surface area contributed by atoms with Gasteiger partial charge in [-0.25, -0.2) is 4.79 Å².